The van der Waals surface area contributed by atoms with Gasteiger partial charge < -0.3 is 10.8 Å². The Morgan fingerprint density at radius 1 is 1.47 bits per heavy atom. The fourth-order valence-corrected chi connectivity index (χ4v) is 2.66. The molecule has 0 saturated carbocycles. The summed E-state index contributed by atoms with van der Waals surface area (Å²) in [7, 11) is -2.44. The van der Waals surface area contributed by atoms with Crippen molar-refractivity contribution in [1.29, 1.82) is 0 Å². The largest absolute Gasteiger partial charge is 0.478 e. The lowest BCUT2D eigenvalue weighted by Gasteiger charge is -2.16. The molecule has 0 unspecified atom stereocenters. The first-order valence-corrected chi connectivity index (χ1v) is 6.34. The Hall–Kier alpha value is -1.60. The van der Waals surface area contributed by atoms with Crippen LogP contribution < -0.4 is 5.73 Å². The highest BCUT2D eigenvalue weighted by Crippen LogP contribution is 2.22. The van der Waals surface area contributed by atoms with Crippen LogP contribution in [0.4, 0.5) is 5.69 Å². The van der Waals surface area contributed by atoms with Crippen LogP contribution in [0.3, 0.4) is 0 Å². The molecule has 0 bridgehead atoms. The van der Waals surface area contributed by atoms with Crippen molar-refractivity contribution in [2.75, 3.05) is 19.3 Å². The Kier molecular flexibility index (Phi) is 3.74. The standard InChI is InChI=1S/C10H14N2O4S/c1-3-12(2)17(15,16)9-6-7(11)4-5-8(9)10(13)14/h4-6H,3,11H2,1-2H3,(H,13,14). The predicted molar refractivity (Wildman–Crippen MR) is 63.3 cm³/mol. The van der Waals surface area contributed by atoms with E-state index < -0.39 is 16.0 Å². The summed E-state index contributed by atoms with van der Waals surface area (Å²) in [5.41, 5.74) is 5.42. The molecule has 1 aromatic carbocycles. The van der Waals surface area contributed by atoms with E-state index in [1.807, 2.05) is 0 Å². The monoisotopic (exact) mass is 258 g/mol. The molecular formula is C10H14N2O4S. The van der Waals surface area contributed by atoms with Gasteiger partial charge >= 0.3 is 5.97 Å². The molecule has 0 heterocycles. The van der Waals surface area contributed by atoms with Gasteiger partial charge in [0.1, 0.15) is 0 Å². The van der Waals surface area contributed by atoms with Gasteiger partial charge in [0.15, 0.2) is 0 Å². The molecule has 17 heavy (non-hydrogen) atoms. The molecule has 1 aromatic rings. The number of carbonyl (C=O) groups is 1. The van der Waals surface area contributed by atoms with Gasteiger partial charge in [0, 0.05) is 19.3 Å². The topological polar surface area (TPSA) is 101 Å². The van der Waals surface area contributed by atoms with E-state index in [2.05, 4.69) is 0 Å². The molecule has 0 amide bonds. The van der Waals surface area contributed by atoms with Crippen molar-refractivity contribution in [3.05, 3.63) is 23.8 Å². The summed E-state index contributed by atoms with van der Waals surface area (Å²) in [5, 5.41) is 8.95. The Morgan fingerprint density at radius 3 is 2.53 bits per heavy atom. The first kappa shape index (κ1) is 13.5. The van der Waals surface area contributed by atoms with E-state index in [1.165, 1.54) is 19.2 Å². The summed E-state index contributed by atoms with van der Waals surface area (Å²) in [4.78, 5) is 10.7. The summed E-state index contributed by atoms with van der Waals surface area (Å²) < 4.78 is 25.2. The zero-order chi connectivity index (χ0) is 13.2. The van der Waals surface area contributed by atoms with Gasteiger partial charge in [-0.2, -0.15) is 0 Å². The second-order valence-electron chi connectivity index (χ2n) is 3.48. The van der Waals surface area contributed by atoms with Crippen molar-refractivity contribution in [3.8, 4) is 0 Å². The van der Waals surface area contributed by atoms with E-state index in [1.54, 1.807) is 6.92 Å². The average molecular weight is 258 g/mol. The number of nitrogens with zero attached hydrogens (tertiary/aromatic N) is 1. The smallest absolute Gasteiger partial charge is 0.337 e. The van der Waals surface area contributed by atoms with E-state index in [0.717, 1.165) is 10.4 Å². The van der Waals surface area contributed by atoms with Crippen LogP contribution in [0, 0.1) is 0 Å². The predicted octanol–water partition coefficient (Wildman–Crippen LogP) is 0.607. The highest BCUT2D eigenvalue weighted by Gasteiger charge is 2.25. The summed E-state index contributed by atoms with van der Waals surface area (Å²) in [5.74, 6) is -1.30. The summed E-state index contributed by atoms with van der Waals surface area (Å²) in [6.45, 7) is 1.90. The van der Waals surface area contributed by atoms with E-state index in [9.17, 15) is 13.2 Å². The highest BCUT2D eigenvalue weighted by molar-refractivity contribution is 7.89. The molecule has 0 fully saturated rings. The van der Waals surface area contributed by atoms with Crippen LogP contribution in [0.1, 0.15) is 17.3 Å². The van der Waals surface area contributed by atoms with Crippen LogP contribution in [0.2, 0.25) is 0 Å². The van der Waals surface area contributed by atoms with E-state index in [0.29, 0.717) is 0 Å². The minimum atomic E-state index is -3.81. The van der Waals surface area contributed by atoms with E-state index in [4.69, 9.17) is 10.8 Å². The van der Waals surface area contributed by atoms with Crippen molar-refractivity contribution >= 4 is 21.7 Å². The summed E-state index contributed by atoms with van der Waals surface area (Å²) in [6.07, 6.45) is 0. The van der Waals surface area contributed by atoms with Gasteiger partial charge in [0.25, 0.3) is 0 Å². The molecule has 0 aliphatic heterocycles. The molecule has 0 aromatic heterocycles. The highest BCUT2D eigenvalue weighted by atomic mass is 32.2. The number of rotatable bonds is 4. The number of aromatic carboxylic acids is 1. The second kappa shape index (κ2) is 4.72. The summed E-state index contributed by atoms with van der Waals surface area (Å²) in [6, 6.07) is 3.70. The summed E-state index contributed by atoms with van der Waals surface area (Å²) >= 11 is 0. The fraction of sp³-hybridized carbons (Fsp3) is 0.300. The molecule has 0 saturated heterocycles. The maximum atomic E-state index is 12.0. The third kappa shape index (κ3) is 2.56. The first-order chi connectivity index (χ1) is 7.80. The molecule has 3 N–H and O–H groups in total. The molecule has 0 aliphatic rings. The van der Waals surface area contributed by atoms with Crippen LogP contribution >= 0.6 is 0 Å². The lowest BCUT2D eigenvalue weighted by Crippen LogP contribution is -2.28. The Morgan fingerprint density at radius 2 is 2.06 bits per heavy atom. The van der Waals surface area contributed by atoms with Crippen molar-refractivity contribution in [1.82, 2.24) is 4.31 Å². The van der Waals surface area contributed by atoms with Crippen LogP contribution in [0.25, 0.3) is 0 Å². The number of hydrogen-bond acceptors (Lipinski definition) is 4. The van der Waals surface area contributed by atoms with Gasteiger partial charge in [-0.15, -0.1) is 0 Å². The third-order valence-electron chi connectivity index (χ3n) is 2.37. The van der Waals surface area contributed by atoms with Crippen molar-refractivity contribution in [3.63, 3.8) is 0 Å². The van der Waals surface area contributed by atoms with Crippen molar-refractivity contribution < 1.29 is 18.3 Å². The lowest BCUT2D eigenvalue weighted by atomic mass is 10.2. The van der Waals surface area contributed by atoms with Crippen LogP contribution in [-0.2, 0) is 10.0 Å². The Labute approximate surface area is 99.7 Å². The van der Waals surface area contributed by atoms with Crippen LogP contribution in [0.5, 0.6) is 0 Å². The second-order valence-corrected chi connectivity index (χ2v) is 5.49. The number of carboxylic acid groups (broad SMARTS) is 1. The normalized spacial score (nSPS) is 11.7. The maximum absolute atomic E-state index is 12.0. The molecule has 1 rings (SSSR count). The number of hydrogen-bond donors (Lipinski definition) is 2. The number of nitrogen functional groups attached to an aromatic ring is 1. The molecule has 0 radical (unpaired) electrons. The van der Waals surface area contributed by atoms with Gasteiger partial charge in [-0.05, 0) is 18.2 Å². The molecule has 7 heteroatoms. The molecular weight excluding hydrogens is 244 g/mol. The van der Waals surface area contributed by atoms with Gasteiger partial charge in [-0.1, -0.05) is 6.92 Å². The van der Waals surface area contributed by atoms with E-state index in [-0.39, 0.29) is 22.7 Å². The van der Waals surface area contributed by atoms with E-state index >= 15 is 0 Å². The Bertz CT molecular complexity index is 539. The van der Waals surface area contributed by atoms with Crippen molar-refractivity contribution in [2.45, 2.75) is 11.8 Å². The van der Waals surface area contributed by atoms with Gasteiger partial charge in [-0.3, -0.25) is 0 Å². The van der Waals surface area contributed by atoms with Gasteiger partial charge in [-0.25, -0.2) is 17.5 Å². The maximum Gasteiger partial charge on any atom is 0.337 e. The number of benzene rings is 1. The zero-order valence-corrected chi connectivity index (χ0v) is 10.4. The SMILES string of the molecule is CCN(C)S(=O)(=O)c1cc(N)ccc1C(=O)O. The van der Waals surface area contributed by atoms with Crippen molar-refractivity contribution in [2.24, 2.45) is 0 Å². The molecule has 0 spiro atoms. The average Bonchev–Trinajstić information content (AvgIpc) is 2.27. The van der Waals surface area contributed by atoms with Gasteiger partial charge in [0.2, 0.25) is 10.0 Å². The molecule has 94 valence electrons. The molecule has 6 nitrogen and oxygen atoms in total. The number of nitrogens with two attached hydrogens (primary N) is 1. The number of sulfonamides is 1. The minimum absolute atomic E-state index is 0.207. The zero-order valence-electron chi connectivity index (χ0n) is 9.54. The quantitative estimate of drug-likeness (QED) is 0.770. The van der Waals surface area contributed by atoms with Gasteiger partial charge in [0.05, 0.1) is 10.5 Å². The molecule has 0 aliphatic carbocycles. The van der Waals surface area contributed by atoms with Crippen LogP contribution in [0.15, 0.2) is 23.1 Å². The molecule has 0 atom stereocenters. The van der Waals surface area contributed by atoms with Crippen LogP contribution in [-0.4, -0.2) is 37.4 Å². The fourth-order valence-electron chi connectivity index (χ4n) is 1.27. The Balaban J connectivity index is 3.49. The first-order valence-electron chi connectivity index (χ1n) is 4.90. The third-order valence-corrected chi connectivity index (χ3v) is 4.34. The number of anilines is 1. The number of carboxylic acids is 1. The lowest BCUT2D eigenvalue weighted by molar-refractivity contribution is 0.0692. The minimum Gasteiger partial charge on any atom is -0.478 e.